The zero-order chi connectivity index (χ0) is 18.3. The Balaban J connectivity index is 2.63. The van der Waals surface area contributed by atoms with E-state index in [1.54, 1.807) is 42.5 Å². The normalized spacial score (nSPS) is 15.2. The Morgan fingerprint density at radius 1 is 1.04 bits per heavy atom. The van der Waals surface area contributed by atoms with E-state index in [-0.39, 0.29) is 17.9 Å². The van der Waals surface area contributed by atoms with Gasteiger partial charge in [-0.3, -0.25) is 9.59 Å². The van der Waals surface area contributed by atoms with Crippen LogP contribution in [0.3, 0.4) is 0 Å². The van der Waals surface area contributed by atoms with Crippen LogP contribution in [0.2, 0.25) is 0 Å². The highest BCUT2D eigenvalue weighted by Gasteiger charge is 2.41. The number of amides is 3. The van der Waals surface area contributed by atoms with Crippen molar-refractivity contribution < 1.29 is 19.1 Å². The number of unbranched alkanes of at least 4 members (excludes halogenated alkanes) is 1. The fourth-order valence-electron chi connectivity index (χ4n) is 2.77. The van der Waals surface area contributed by atoms with Gasteiger partial charge in [0.1, 0.15) is 5.41 Å². The van der Waals surface area contributed by atoms with E-state index in [1.165, 1.54) is 0 Å². The van der Waals surface area contributed by atoms with E-state index in [9.17, 15) is 14.4 Å². The van der Waals surface area contributed by atoms with Crippen LogP contribution in [0, 0.1) is 5.41 Å². The second kappa shape index (κ2) is 8.89. The number of carbonyl (C=O) groups is 3. The standard InChI is InChI=1S/C17H31N3O4/c1-6-8-9-18(5)14(21)17(3,4)15(22)19-10-12-20(13-11-19)16(23)24-7-2/h6-13H2,1-5H3. The quantitative estimate of drug-likeness (QED) is 0.688. The fourth-order valence-corrected chi connectivity index (χ4v) is 2.77. The summed E-state index contributed by atoms with van der Waals surface area (Å²) in [6.45, 7) is 9.89. The highest BCUT2D eigenvalue weighted by Crippen LogP contribution is 2.23. The van der Waals surface area contributed by atoms with Crippen LogP contribution in [0.15, 0.2) is 0 Å². The van der Waals surface area contributed by atoms with E-state index in [0.29, 0.717) is 39.3 Å². The summed E-state index contributed by atoms with van der Waals surface area (Å²) in [4.78, 5) is 42.0. The minimum atomic E-state index is -1.09. The maximum absolute atomic E-state index is 12.8. The Labute approximate surface area is 144 Å². The lowest BCUT2D eigenvalue weighted by molar-refractivity contribution is -0.154. The first-order chi connectivity index (χ1) is 11.3. The highest BCUT2D eigenvalue weighted by atomic mass is 16.6. The summed E-state index contributed by atoms with van der Waals surface area (Å²) >= 11 is 0. The predicted molar refractivity (Wildman–Crippen MR) is 91.5 cm³/mol. The van der Waals surface area contributed by atoms with Gasteiger partial charge in [-0.25, -0.2) is 4.79 Å². The molecule has 1 saturated heterocycles. The maximum Gasteiger partial charge on any atom is 0.409 e. The number of carbonyl (C=O) groups excluding carboxylic acids is 3. The largest absolute Gasteiger partial charge is 0.450 e. The molecule has 0 spiro atoms. The first-order valence-electron chi connectivity index (χ1n) is 8.72. The zero-order valence-electron chi connectivity index (χ0n) is 15.6. The molecule has 0 unspecified atom stereocenters. The van der Waals surface area contributed by atoms with Crippen molar-refractivity contribution in [2.45, 2.75) is 40.5 Å². The maximum atomic E-state index is 12.8. The molecule has 3 amide bonds. The number of nitrogens with zero attached hydrogens (tertiary/aromatic N) is 3. The smallest absolute Gasteiger partial charge is 0.409 e. The van der Waals surface area contributed by atoms with Crippen LogP contribution in [0.5, 0.6) is 0 Å². The van der Waals surface area contributed by atoms with Crippen LogP contribution in [-0.4, -0.2) is 79.0 Å². The van der Waals surface area contributed by atoms with Gasteiger partial charge in [0.2, 0.25) is 11.8 Å². The third-order valence-electron chi connectivity index (χ3n) is 4.36. The van der Waals surface area contributed by atoms with Crippen LogP contribution in [-0.2, 0) is 14.3 Å². The first kappa shape index (κ1) is 20.3. The Morgan fingerprint density at radius 3 is 2.08 bits per heavy atom. The van der Waals surface area contributed by atoms with Crippen molar-refractivity contribution in [3.8, 4) is 0 Å². The van der Waals surface area contributed by atoms with E-state index in [0.717, 1.165) is 12.8 Å². The molecule has 7 nitrogen and oxygen atoms in total. The second-order valence-corrected chi connectivity index (χ2v) is 6.68. The van der Waals surface area contributed by atoms with Gasteiger partial charge in [-0.1, -0.05) is 13.3 Å². The molecule has 1 heterocycles. The van der Waals surface area contributed by atoms with Crippen molar-refractivity contribution in [2.75, 3.05) is 46.4 Å². The molecule has 24 heavy (non-hydrogen) atoms. The van der Waals surface area contributed by atoms with Crippen molar-refractivity contribution in [2.24, 2.45) is 5.41 Å². The molecule has 1 fully saturated rings. The second-order valence-electron chi connectivity index (χ2n) is 6.68. The summed E-state index contributed by atoms with van der Waals surface area (Å²) in [5.74, 6) is -0.340. The van der Waals surface area contributed by atoms with E-state index in [1.807, 2.05) is 0 Å². The topological polar surface area (TPSA) is 70.2 Å². The van der Waals surface area contributed by atoms with E-state index >= 15 is 0 Å². The molecule has 138 valence electrons. The lowest BCUT2D eigenvalue weighted by atomic mass is 9.89. The Morgan fingerprint density at radius 2 is 1.58 bits per heavy atom. The molecular formula is C17H31N3O4. The van der Waals surface area contributed by atoms with Gasteiger partial charge in [-0.15, -0.1) is 0 Å². The van der Waals surface area contributed by atoms with E-state index < -0.39 is 5.41 Å². The average molecular weight is 341 g/mol. The summed E-state index contributed by atoms with van der Waals surface area (Å²) in [5, 5.41) is 0. The molecule has 0 saturated carbocycles. The number of ether oxygens (including phenoxy) is 1. The molecule has 0 aromatic heterocycles. The third kappa shape index (κ3) is 4.85. The number of hydrogen-bond acceptors (Lipinski definition) is 4. The first-order valence-corrected chi connectivity index (χ1v) is 8.72. The van der Waals surface area contributed by atoms with Gasteiger partial charge >= 0.3 is 6.09 Å². The van der Waals surface area contributed by atoms with Crippen LogP contribution >= 0.6 is 0 Å². The SMILES string of the molecule is CCCCN(C)C(=O)C(C)(C)C(=O)N1CCN(C(=O)OCC)CC1. The highest BCUT2D eigenvalue weighted by molar-refractivity contribution is 6.04. The van der Waals surface area contributed by atoms with Gasteiger partial charge in [0, 0.05) is 39.8 Å². The van der Waals surface area contributed by atoms with Crippen LogP contribution in [0.4, 0.5) is 4.79 Å². The molecule has 1 aliphatic rings. The van der Waals surface area contributed by atoms with Gasteiger partial charge in [-0.05, 0) is 27.2 Å². The zero-order valence-corrected chi connectivity index (χ0v) is 15.6. The molecule has 1 aliphatic heterocycles. The monoisotopic (exact) mass is 341 g/mol. The van der Waals surface area contributed by atoms with Crippen LogP contribution < -0.4 is 0 Å². The summed E-state index contributed by atoms with van der Waals surface area (Å²) in [6, 6.07) is 0. The van der Waals surface area contributed by atoms with E-state index in [2.05, 4.69) is 6.92 Å². The average Bonchev–Trinajstić information content (AvgIpc) is 2.58. The minimum Gasteiger partial charge on any atom is -0.450 e. The van der Waals surface area contributed by atoms with Gasteiger partial charge in [0.25, 0.3) is 0 Å². The van der Waals surface area contributed by atoms with Crippen LogP contribution in [0.1, 0.15) is 40.5 Å². The number of hydrogen-bond donors (Lipinski definition) is 0. The fraction of sp³-hybridized carbons (Fsp3) is 0.824. The molecular weight excluding hydrogens is 310 g/mol. The molecule has 1 rings (SSSR count). The molecule has 0 aromatic carbocycles. The Hall–Kier alpha value is -1.79. The minimum absolute atomic E-state index is 0.159. The Kier molecular flexibility index (Phi) is 7.51. The molecule has 0 aromatic rings. The van der Waals surface area contributed by atoms with Gasteiger partial charge in [0.05, 0.1) is 6.61 Å². The molecule has 0 atom stereocenters. The lowest BCUT2D eigenvalue weighted by Crippen LogP contribution is -2.56. The number of piperazine rings is 1. The van der Waals surface area contributed by atoms with Gasteiger partial charge < -0.3 is 19.4 Å². The van der Waals surface area contributed by atoms with Gasteiger partial charge in [0.15, 0.2) is 0 Å². The third-order valence-corrected chi connectivity index (χ3v) is 4.36. The van der Waals surface area contributed by atoms with E-state index in [4.69, 9.17) is 4.74 Å². The molecule has 0 radical (unpaired) electrons. The van der Waals surface area contributed by atoms with Crippen molar-refractivity contribution in [3.05, 3.63) is 0 Å². The molecule has 7 heteroatoms. The van der Waals surface area contributed by atoms with Crippen LogP contribution in [0.25, 0.3) is 0 Å². The summed E-state index contributed by atoms with van der Waals surface area (Å²) in [5.41, 5.74) is -1.09. The summed E-state index contributed by atoms with van der Waals surface area (Å²) < 4.78 is 4.97. The molecule has 0 aliphatic carbocycles. The summed E-state index contributed by atoms with van der Waals surface area (Å²) in [7, 11) is 1.74. The van der Waals surface area contributed by atoms with Crippen molar-refractivity contribution >= 4 is 17.9 Å². The predicted octanol–water partition coefficient (Wildman–Crippen LogP) is 1.57. The van der Waals surface area contributed by atoms with Crippen molar-refractivity contribution in [3.63, 3.8) is 0 Å². The Bertz CT molecular complexity index is 457. The van der Waals surface area contributed by atoms with Crippen molar-refractivity contribution in [1.82, 2.24) is 14.7 Å². The van der Waals surface area contributed by atoms with Crippen molar-refractivity contribution in [1.29, 1.82) is 0 Å². The lowest BCUT2D eigenvalue weighted by Gasteiger charge is -2.38. The molecule has 0 bridgehead atoms. The molecule has 0 N–H and O–H groups in total. The number of rotatable bonds is 6. The summed E-state index contributed by atoms with van der Waals surface area (Å²) in [6.07, 6.45) is 1.58. The van der Waals surface area contributed by atoms with Gasteiger partial charge in [-0.2, -0.15) is 0 Å².